The first-order valence-electron chi connectivity index (χ1n) is 9.71. The van der Waals surface area contributed by atoms with Crippen molar-refractivity contribution in [2.75, 3.05) is 13.1 Å². The Labute approximate surface area is 175 Å². The van der Waals surface area contributed by atoms with Gasteiger partial charge in [0.15, 0.2) is 0 Å². The number of benzene rings is 1. The topological polar surface area (TPSA) is 46.3 Å². The van der Waals surface area contributed by atoms with Crippen LogP contribution in [0.5, 0.6) is 0 Å². The lowest BCUT2D eigenvalue weighted by molar-refractivity contribution is -0.137. The molecule has 0 bridgehead atoms. The minimum atomic E-state index is -4.38. The van der Waals surface area contributed by atoms with Crippen LogP contribution in [-0.4, -0.2) is 37.6 Å². The van der Waals surface area contributed by atoms with E-state index in [0.717, 1.165) is 23.3 Å². The predicted octanol–water partition coefficient (Wildman–Crippen LogP) is 5.19. The van der Waals surface area contributed by atoms with Crippen LogP contribution >= 0.6 is 0 Å². The zero-order valence-corrected chi connectivity index (χ0v) is 16.8. The van der Waals surface area contributed by atoms with Gasteiger partial charge in [-0.25, -0.2) is 18.3 Å². The van der Waals surface area contributed by atoms with Crippen LogP contribution in [0.4, 0.5) is 22.0 Å². The molecular formula is C21H20F5N5. The Morgan fingerprint density at radius 3 is 2.48 bits per heavy atom. The molecule has 3 heterocycles. The first kappa shape index (κ1) is 21.4. The number of halogens is 5. The fourth-order valence-corrected chi connectivity index (χ4v) is 3.88. The van der Waals surface area contributed by atoms with Crippen LogP contribution in [-0.2, 0) is 6.18 Å². The summed E-state index contributed by atoms with van der Waals surface area (Å²) in [5, 5.41) is 4.14. The second kappa shape index (κ2) is 7.99. The molecule has 1 aliphatic heterocycles. The Balaban J connectivity index is 1.64. The first-order chi connectivity index (χ1) is 14.6. The third kappa shape index (κ3) is 4.16. The van der Waals surface area contributed by atoms with Gasteiger partial charge in [-0.2, -0.15) is 23.3 Å². The Morgan fingerprint density at radius 1 is 1.13 bits per heavy atom. The van der Waals surface area contributed by atoms with Crippen molar-refractivity contribution in [3.63, 3.8) is 0 Å². The smallest absolute Gasteiger partial charge is 0.292 e. The molecule has 0 saturated carbocycles. The summed E-state index contributed by atoms with van der Waals surface area (Å²) in [6.45, 7) is 4.93. The van der Waals surface area contributed by atoms with Crippen molar-refractivity contribution in [3.05, 3.63) is 70.8 Å². The van der Waals surface area contributed by atoms with Crippen LogP contribution < -0.4 is 0 Å². The Bertz CT molecular complexity index is 1100. The minimum absolute atomic E-state index is 0.105. The van der Waals surface area contributed by atoms with E-state index < -0.39 is 18.2 Å². The molecule has 0 aliphatic carbocycles. The fraction of sp³-hybridized carbons (Fsp3) is 0.381. The maximum Gasteiger partial charge on any atom is 0.416 e. The molecule has 0 radical (unpaired) electrons. The summed E-state index contributed by atoms with van der Waals surface area (Å²) < 4.78 is 66.8. The van der Waals surface area contributed by atoms with Crippen molar-refractivity contribution in [3.8, 4) is 0 Å². The van der Waals surface area contributed by atoms with Gasteiger partial charge in [0.2, 0.25) is 0 Å². The normalized spacial score (nSPS) is 19.1. The summed E-state index contributed by atoms with van der Waals surface area (Å²) in [7, 11) is 0. The van der Waals surface area contributed by atoms with Crippen LogP contribution in [0.2, 0.25) is 0 Å². The highest BCUT2D eigenvalue weighted by Crippen LogP contribution is 2.35. The van der Waals surface area contributed by atoms with Crippen LogP contribution in [0.25, 0.3) is 5.78 Å². The van der Waals surface area contributed by atoms with E-state index in [4.69, 9.17) is 0 Å². The van der Waals surface area contributed by atoms with Crippen molar-refractivity contribution in [2.24, 2.45) is 0 Å². The number of nitrogens with zero attached hydrogens (tertiary/aromatic N) is 5. The molecule has 1 aliphatic rings. The van der Waals surface area contributed by atoms with E-state index >= 15 is 0 Å². The Kier molecular flexibility index (Phi) is 5.50. The van der Waals surface area contributed by atoms with Crippen LogP contribution in [0.15, 0.2) is 48.3 Å². The van der Waals surface area contributed by atoms with Crippen molar-refractivity contribution < 1.29 is 22.0 Å². The zero-order valence-electron chi connectivity index (χ0n) is 16.8. The Hall–Kier alpha value is -2.88. The molecule has 0 spiro atoms. The number of alkyl halides is 5. The summed E-state index contributed by atoms with van der Waals surface area (Å²) in [5.41, 5.74) is 1.24. The second-order valence-corrected chi connectivity index (χ2v) is 7.63. The molecule has 0 saturated heterocycles. The van der Waals surface area contributed by atoms with E-state index in [1.807, 2.05) is 19.9 Å². The van der Waals surface area contributed by atoms with E-state index in [1.54, 1.807) is 0 Å². The molecule has 164 valence electrons. The van der Waals surface area contributed by atoms with Gasteiger partial charge in [0.25, 0.3) is 12.2 Å². The number of rotatable bonds is 4. The molecule has 4 rings (SSSR count). The molecule has 3 aromatic rings. The predicted molar refractivity (Wildman–Crippen MR) is 104 cm³/mol. The summed E-state index contributed by atoms with van der Waals surface area (Å²) in [5.74, 6) is -0.135. The van der Waals surface area contributed by atoms with Crippen LogP contribution in [0.1, 0.15) is 54.7 Å². The van der Waals surface area contributed by atoms with Gasteiger partial charge in [-0.1, -0.05) is 23.8 Å². The highest BCUT2D eigenvalue weighted by molar-refractivity contribution is 5.36. The second-order valence-electron chi connectivity index (χ2n) is 7.63. The molecule has 0 N–H and O–H groups in total. The molecule has 0 fully saturated rings. The lowest BCUT2D eigenvalue weighted by Gasteiger charge is -2.36. The van der Waals surface area contributed by atoms with Gasteiger partial charge < -0.3 is 0 Å². The number of fused-ring (bicyclic) bond motifs is 1. The van der Waals surface area contributed by atoms with E-state index in [2.05, 4.69) is 20.0 Å². The molecule has 2 aromatic heterocycles. The molecular weight excluding hydrogens is 417 g/mol. The van der Waals surface area contributed by atoms with E-state index in [-0.39, 0.29) is 23.4 Å². The molecule has 5 nitrogen and oxygen atoms in total. The fourth-order valence-electron chi connectivity index (χ4n) is 3.88. The van der Waals surface area contributed by atoms with E-state index in [1.165, 1.54) is 29.0 Å². The molecule has 10 heteroatoms. The third-order valence-corrected chi connectivity index (χ3v) is 5.76. The lowest BCUT2D eigenvalue weighted by Crippen LogP contribution is -2.36. The highest BCUT2D eigenvalue weighted by Gasteiger charge is 2.32. The van der Waals surface area contributed by atoms with Gasteiger partial charge >= 0.3 is 6.18 Å². The van der Waals surface area contributed by atoms with Gasteiger partial charge in [-0.15, -0.1) is 0 Å². The molecule has 31 heavy (non-hydrogen) atoms. The lowest BCUT2D eigenvalue weighted by atomic mass is 9.90. The third-order valence-electron chi connectivity index (χ3n) is 5.76. The molecule has 2 atom stereocenters. The van der Waals surface area contributed by atoms with Gasteiger partial charge in [0.05, 0.1) is 11.3 Å². The standard InChI is InChI=1S/C21H20F5N5/c1-12-7-8-30(13(2)14-3-5-15(6-4-14)21(24,25)26)10-16(12)18-9-17(19(22)23)29-20-27-11-28-31(18)20/h3-7,9,11,13,16,19H,8,10H2,1-2H3/t13-,16-/m1/s1. The van der Waals surface area contributed by atoms with Gasteiger partial charge in [0, 0.05) is 25.0 Å². The largest absolute Gasteiger partial charge is 0.416 e. The quantitative estimate of drug-likeness (QED) is 0.417. The van der Waals surface area contributed by atoms with Crippen molar-refractivity contribution in [1.82, 2.24) is 24.5 Å². The van der Waals surface area contributed by atoms with E-state index in [9.17, 15) is 22.0 Å². The van der Waals surface area contributed by atoms with Crippen LogP contribution in [0, 0.1) is 0 Å². The van der Waals surface area contributed by atoms with E-state index in [0.29, 0.717) is 18.8 Å². The molecule has 0 unspecified atom stereocenters. The SMILES string of the molecule is CC1=CCN([C@H](C)c2ccc(C(F)(F)F)cc2)C[C@H]1c1cc(C(F)F)nc2ncnn12. The monoisotopic (exact) mass is 437 g/mol. The van der Waals surface area contributed by atoms with Gasteiger partial charge in [-0.05, 0) is 37.6 Å². The van der Waals surface area contributed by atoms with Crippen molar-refractivity contribution >= 4 is 5.78 Å². The maximum absolute atomic E-state index is 13.4. The highest BCUT2D eigenvalue weighted by atomic mass is 19.4. The van der Waals surface area contributed by atoms with Gasteiger partial charge in [-0.3, -0.25) is 4.90 Å². The van der Waals surface area contributed by atoms with Crippen LogP contribution in [0.3, 0.4) is 0 Å². The number of aromatic nitrogens is 4. The first-order valence-corrected chi connectivity index (χ1v) is 9.71. The maximum atomic E-state index is 13.4. The molecule has 0 amide bonds. The zero-order chi connectivity index (χ0) is 22.3. The summed E-state index contributed by atoms with van der Waals surface area (Å²) >= 11 is 0. The summed E-state index contributed by atoms with van der Waals surface area (Å²) in [6.07, 6.45) is -3.86. The number of hydrogen-bond acceptors (Lipinski definition) is 4. The summed E-state index contributed by atoms with van der Waals surface area (Å²) in [6, 6.07) is 6.28. The Morgan fingerprint density at radius 2 is 1.84 bits per heavy atom. The minimum Gasteiger partial charge on any atom is -0.292 e. The summed E-state index contributed by atoms with van der Waals surface area (Å²) in [4.78, 5) is 9.90. The number of hydrogen-bond donors (Lipinski definition) is 0. The molecule has 1 aromatic carbocycles. The van der Waals surface area contributed by atoms with Crippen molar-refractivity contribution in [1.29, 1.82) is 0 Å². The van der Waals surface area contributed by atoms with Gasteiger partial charge in [0.1, 0.15) is 12.0 Å². The average Bonchev–Trinajstić information content (AvgIpc) is 3.21. The average molecular weight is 437 g/mol. The van der Waals surface area contributed by atoms with Crippen molar-refractivity contribution in [2.45, 2.75) is 38.4 Å².